The number of nitrogens with one attached hydrogen (secondary N) is 1. The van der Waals surface area contributed by atoms with Crippen LogP contribution in [0.2, 0.25) is 0 Å². The van der Waals surface area contributed by atoms with E-state index in [1.807, 2.05) is 0 Å². The van der Waals surface area contributed by atoms with Crippen LogP contribution in [0.3, 0.4) is 0 Å². The van der Waals surface area contributed by atoms with E-state index in [-0.39, 0.29) is 5.97 Å². The number of methoxy groups -OCH3 is 1. The maximum absolute atomic E-state index is 11.7. The van der Waals surface area contributed by atoms with Crippen molar-refractivity contribution in [2.45, 2.75) is 13.8 Å². The number of hydrogen-bond acceptors (Lipinski definition) is 4. The maximum atomic E-state index is 11.7. The average molecular weight is 249 g/mol. The summed E-state index contributed by atoms with van der Waals surface area (Å²) >= 11 is 0. The summed E-state index contributed by atoms with van der Waals surface area (Å²) in [6.07, 6.45) is 0. The molecule has 1 fully saturated rings. The summed E-state index contributed by atoms with van der Waals surface area (Å²) < 4.78 is 9.99. The van der Waals surface area contributed by atoms with Gasteiger partial charge in [0, 0.05) is 12.2 Å². The van der Waals surface area contributed by atoms with Crippen LogP contribution in [0.4, 0.5) is 5.69 Å². The van der Waals surface area contributed by atoms with E-state index in [0.29, 0.717) is 19.8 Å². The molecule has 0 bridgehead atoms. The van der Waals surface area contributed by atoms with Crippen LogP contribution >= 0.6 is 0 Å². The Balaban J connectivity index is 2.04. The lowest BCUT2D eigenvalue weighted by Crippen LogP contribution is -2.54. The van der Waals surface area contributed by atoms with Crippen molar-refractivity contribution in [2.75, 3.05) is 32.2 Å². The van der Waals surface area contributed by atoms with E-state index < -0.39 is 5.41 Å². The van der Waals surface area contributed by atoms with Crippen LogP contribution in [0.15, 0.2) is 18.2 Å². The van der Waals surface area contributed by atoms with Crippen LogP contribution in [-0.4, -0.2) is 32.8 Å². The Hall–Kier alpha value is -1.55. The van der Waals surface area contributed by atoms with Crippen LogP contribution < -0.4 is 5.32 Å². The molecule has 0 aliphatic carbocycles. The van der Waals surface area contributed by atoms with Crippen LogP contribution in [0.25, 0.3) is 0 Å². The van der Waals surface area contributed by atoms with E-state index in [1.54, 1.807) is 0 Å². The third-order valence-electron chi connectivity index (χ3n) is 3.23. The monoisotopic (exact) mass is 249 g/mol. The molecule has 4 nitrogen and oxygen atoms in total. The average Bonchev–Trinajstić information content (AvgIpc) is 2.25. The molecule has 0 unspecified atom stereocenters. The number of benzene rings is 1. The van der Waals surface area contributed by atoms with Gasteiger partial charge in [-0.15, -0.1) is 0 Å². The summed E-state index contributed by atoms with van der Waals surface area (Å²) in [6.45, 7) is 5.51. The zero-order chi connectivity index (χ0) is 13.2. The predicted octanol–water partition coefficient (Wildman–Crippen LogP) is 1.90. The Labute approximate surface area is 107 Å². The Bertz CT molecular complexity index is 432. The van der Waals surface area contributed by atoms with Crippen molar-refractivity contribution in [1.29, 1.82) is 0 Å². The molecule has 1 aromatic carbocycles. The summed E-state index contributed by atoms with van der Waals surface area (Å²) in [7, 11) is 1.42. The second-order valence-electron chi connectivity index (χ2n) is 4.99. The number of esters is 1. The van der Waals surface area contributed by atoms with Gasteiger partial charge in [-0.1, -0.05) is 6.07 Å². The molecule has 0 amide bonds. The Kier molecular flexibility index (Phi) is 3.57. The van der Waals surface area contributed by atoms with E-state index in [0.717, 1.165) is 5.69 Å². The predicted molar refractivity (Wildman–Crippen MR) is 69.7 cm³/mol. The number of carbonyl (C=O) groups is 1. The molecule has 0 atom stereocenters. The van der Waals surface area contributed by atoms with Gasteiger partial charge in [-0.2, -0.15) is 0 Å². The Morgan fingerprint density at radius 2 is 1.94 bits per heavy atom. The van der Waals surface area contributed by atoms with Crippen LogP contribution in [0, 0.1) is 19.3 Å². The lowest BCUT2D eigenvalue weighted by atomic mass is 9.86. The van der Waals surface area contributed by atoms with Crippen molar-refractivity contribution in [3.05, 3.63) is 29.3 Å². The van der Waals surface area contributed by atoms with Gasteiger partial charge < -0.3 is 14.8 Å². The summed E-state index contributed by atoms with van der Waals surface area (Å²) in [5.74, 6) is -0.203. The first kappa shape index (κ1) is 12.9. The smallest absolute Gasteiger partial charge is 0.318 e. The van der Waals surface area contributed by atoms with Crippen molar-refractivity contribution in [3.63, 3.8) is 0 Å². The number of anilines is 1. The van der Waals surface area contributed by atoms with Crippen LogP contribution in [-0.2, 0) is 14.3 Å². The second-order valence-corrected chi connectivity index (χ2v) is 4.99. The molecule has 0 radical (unpaired) electrons. The minimum absolute atomic E-state index is 0.203. The number of rotatable bonds is 4. The molecule has 1 N–H and O–H groups in total. The zero-order valence-electron chi connectivity index (χ0n) is 11.1. The first-order chi connectivity index (χ1) is 8.55. The number of carbonyl (C=O) groups excluding carboxylic acids is 1. The Morgan fingerprint density at radius 1 is 1.33 bits per heavy atom. The minimum Gasteiger partial charge on any atom is -0.468 e. The molecule has 4 heteroatoms. The van der Waals surface area contributed by atoms with Gasteiger partial charge in [0.2, 0.25) is 0 Å². The fourth-order valence-electron chi connectivity index (χ4n) is 2.21. The molecular formula is C14H19NO3. The highest BCUT2D eigenvalue weighted by molar-refractivity contribution is 5.79. The lowest BCUT2D eigenvalue weighted by Gasteiger charge is -2.38. The topological polar surface area (TPSA) is 47.6 Å². The largest absolute Gasteiger partial charge is 0.468 e. The molecule has 0 saturated carbocycles. The number of hydrogen-bond donors (Lipinski definition) is 1. The standard InChI is InChI=1S/C14H19NO3/c1-10-4-11(2)6-12(5-10)15-7-14(8-18-9-14)13(16)17-3/h4-6,15H,7-9H2,1-3H3. The van der Waals surface area contributed by atoms with Gasteiger partial charge in [-0.25, -0.2) is 0 Å². The van der Waals surface area contributed by atoms with Crippen LogP contribution in [0.1, 0.15) is 11.1 Å². The van der Waals surface area contributed by atoms with Crippen molar-refractivity contribution in [3.8, 4) is 0 Å². The molecule has 1 heterocycles. The molecule has 1 aromatic rings. The first-order valence-electron chi connectivity index (χ1n) is 6.04. The van der Waals surface area contributed by atoms with E-state index in [9.17, 15) is 4.79 Å². The summed E-state index contributed by atoms with van der Waals surface area (Å²) in [6, 6.07) is 6.25. The highest BCUT2D eigenvalue weighted by atomic mass is 16.5. The van der Waals surface area contributed by atoms with Crippen LogP contribution in [0.5, 0.6) is 0 Å². The van der Waals surface area contributed by atoms with Crippen molar-refractivity contribution >= 4 is 11.7 Å². The Morgan fingerprint density at radius 3 is 2.39 bits per heavy atom. The van der Waals surface area contributed by atoms with Crippen molar-refractivity contribution < 1.29 is 14.3 Å². The van der Waals surface area contributed by atoms with Gasteiger partial charge in [-0.05, 0) is 37.1 Å². The third-order valence-corrected chi connectivity index (χ3v) is 3.23. The molecule has 0 spiro atoms. The molecule has 18 heavy (non-hydrogen) atoms. The first-order valence-corrected chi connectivity index (χ1v) is 6.04. The number of aryl methyl sites for hydroxylation is 2. The summed E-state index contributed by atoms with van der Waals surface area (Å²) in [5, 5.41) is 3.30. The van der Waals surface area contributed by atoms with Gasteiger partial charge in [0.25, 0.3) is 0 Å². The van der Waals surface area contributed by atoms with Gasteiger partial charge in [-0.3, -0.25) is 4.79 Å². The zero-order valence-corrected chi connectivity index (χ0v) is 11.1. The molecule has 1 aliphatic rings. The fourth-order valence-corrected chi connectivity index (χ4v) is 2.21. The molecular weight excluding hydrogens is 230 g/mol. The molecule has 0 aromatic heterocycles. The highest BCUT2D eigenvalue weighted by Crippen LogP contribution is 2.29. The minimum atomic E-state index is -0.521. The van der Waals surface area contributed by atoms with E-state index >= 15 is 0 Å². The van der Waals surface area contributed by atoms with Gasteiger partial charge >= 0.3 is 5.97 Å². The molecule has 1 aliphatic heterocycles. The van der Waals surface area contributed by atoms with E-state index in [4.69, 9.17) is 9.47 Å². The SMILES string of the molecule is COC(=O)C1(CNc2cc(C)cc(C)c2)COC1. The van der Waals surface area contributed by atoms with E-state index in [2.05, 4.69) is 37.4 Å². The van der Waals surface area contributed by atoms with Crippen molar-refractivity contribution in [2.24, 2.45) is 5.41 Å². The van der Waals surface area contributed by atoms with Gasteiger partial charge in [0.05, 0.1) is 20.3 Å². The lowest BCUT2D eigenvalue weighted by molar-refractivity contribution is -0.180. The normalized spacial score (nSPS) is 16.8. The highest BCUT2D eigenvalue weighted by Gasteiger charge is 2.47. The van der Waals surface area contributed by atoms with Gasteiger partial charge in [0.1, 0.15) is 5.41 Å². The molecule has 1 saturated heterocycles. The summed E-state index contributed by atoms with van der Waals surface area (Å²) in [4.78, 5) is 11.7. The second kappa shape index (κ2) is 4.98. The molecule has 98 valence electrons. The fraction of sp³-hybridized carbons (Fsp3) is 0.500. The summed E-state index contributed by atoms with van der Waals surface area (Å²) in [5.41, 5.74) is 2.92. The number of ether oxygens (including phenoxy) is 2. The van der Waals surface area contributed by atoms with Crippen molar-refractivity contribution in [1.82, 2.24) is 0 Å². The van der Waals surface area contributed by atoms with E-state index in [1.165, 1.54) is 18.2 Å². The molecule has 2 rings (SSSR count). The quantitative estimate of drug-likeness (QED) is 0.828. The maximum Gasteiger partial charge on any atom is 0.318 e. The third kappa shape index (κ3) is 2.48. The van der Waals surface area contributed by atoms with Gasteiger partial charge in [0.15, 0.2) is 0 Å².